The molecule has 7 heteroatoms. The molecule has 2 heterocycles. The van der Waals surface area contributed by atoms with E-state index in [1.54, 1.807) is 18.3 Å². The molecule has 0 saturated carbocycles. The number of hydrogen-bond acceptors (Lipinski definition) is 5. The summed E-state index contributed by atoms with van der Waals surface area (Å²) in [6.07, 6.45) is 3.69. The molecule has 1 aromatic heterocycles. The van der Waals surface area contributed by atoms with Crippen molar-refractivity contribution in [2.45, 2.75) is 25.9 Å². The second-order valence-corrected chi connectivity index (χ2v) is 6.16. The highest BCUT2D eigenvalue weighted by molar-refractivity contribution is 5.93. The van der Waals surface area contributed by atoms with Gasteiger partial charge in [0.1, 0.15) is 5.69 Å². The summed E-state index contributed by atoms with van der Waals surface area (Å²) in [4.78, 5) is 27.6. The van der Waals surface area contributed by atoms with Gasteiger partial charge in [-0.1, -0.05) is 6.07 Å². The summed E-state index contributed by atoms with van der Waals surface area (Å²) in [7, 11) is 0. The number of pyridine rings is 1. The van der Waals surface area contributed by atoms with Gasteiger partial charge in [0.15, 0.2) is 0 Å². The van der Waals surface area contributed by atoms with E-state index >= 15 is 0 Å². The second-order valence-electron chi connectivity index (χ2n) is 6.16. The molecule has 136 valence electrons. The molecule has 1 aliphatic heterocycles. The SMILES string of the molecule is CC(=O)Nc1cccc(Nc2ccnc(C(=O)NCC3CCCO3)c2)c1. The lowest BCUT2D eigenvalue weighted by molar-refractivity contribution is -0.114. The maximum Gasteiger partial charge on any atom is 0.270 e. The normalized spacial score (nSPS) is 16.1. The molecular weight excluding hydrogens is 332 g/mol. The average molecular weight is 354 g/mol. The molecule has 1 fully saturated rings. The fraction of sp³-hybridized carbons (Fsp3) is 0.316. The van der Waals surface area contributed by atoms with Crippen molar-refractivity contribution in [2.24, 2.45) is 0 Å². The second kappa shape index (κ2) is 8.44. The van der Waals surface area contributed by atoms with E-state index in [0.717, 1.165) is 30.8 Å². The van der Waals surface area contributed by atoms with Crippen molar-refractivity contribution >= 4 is 28.9 Å². The fourth-order valence-electron chi connectivity index (χ4n) is 2.78. The molecule has 1 atom stereocenters. The number of ether oxygens (including phenoxy) is 1. The highest BCUT2D eigenvalue weighted by Crippen LogP contribution is 2.20. The molecule has 0 bridgehead atoms. The Balaban J connectivity index is 1.63. The fourth-order valence-corrected chi connectivity index (χ4v) is 2.78. The number of anilines is 3. The van der Waals surface area contributed by atoms with E-state index in [1.165, 1.54) is 6.92 Å². The minimum atomic E-state index is -0.226. The topological polar surface area (TPSA) is 92.4 Å². The first-order valence-corrected chi connectivity index (χ1v) is 8.61. The molecule has 1 aromatic carbocycles. The smallest absolute Gasteiger partial charge is 0.270 e. The zero-order valence-electron chi connectivity index (χ0n) is 14.6. The van der Waals surface area contributed by atoms with Crippen molar-refractivity contribution in [2.75, 3.05) is 23.8 Å². The van der Waals surface area contributed by atoms with E-state index in [4.69, 9.17) is 4.74 Å². The number of hydrogen-bond donors (Lipinski definition) is 3. The molecule has 1 aliphatic rings. The van der Waals surface area contributed by atoms with Crippen LogP contribution in [0.4, 0.5) is 17.1 Å². The van der Waals surface area contributed by atoms with Crippen molar-refractivity contribution in [3.05, 3.63) is 48.3 Å². The van der Waals surface area contributed by atoms with Gasteiger partial charge in [0.05, 0.1) is 6.10 Å². The Morgan fingerprint density at radius 1 is 1.19 bits per heavy atom. The lowest BCUT2D eigenvalue weighted by Crippen LogP contribution is -2.32. The first-order chi connectivity index (χ1) is 12.6. The Kier molecular flexibility index (Phi) is 5.80. The summed E-state index contributed by atoms with van der Waals surface area (Å²) in [6, 6.07) is 10.8. The summed E-state index contributed by atoms with van der Waals surface area (Å²) < 4.78 is 5.50. The predicted octanol–water partition coefficient (Wildman–Crippen LogP) is 2.69. The van der Waals surface area contributed by atoms with Crippen LogP contribution in [0.25, 0.3) is 0 Å². The molecule has 0 radical (unpaired) electrons. The quantitative estimate of drug-likeness (QED) is 0.742. The summed E-state index contributed by atoms with van der Waals surface area (Å²) in [5.74, 6) is -0.354. The van der Waals surface area contributed by atoms with Gasteiger partial charge in [-0.2, -0.15) is 0 Å². The minimum absolute atomic E-state index is 0.0942. The summed E-state index contributed by atoms with van der Waals surface area (Å²) in [6.45, 7) is 2.72. The zero-order valence-corrected chi connectivity index (χ0v) is 14.6. The number of benzene rings is 1. The highest BCUT2D eigenvalue weighted by Gasteiger charge is 2.17. The first kappa shape index (κ1) is 17.9. The Morgan fingerprint density at radius 3 is 2.77 bits per heavy atom. The number of rotatable bonds is 6. The molecule has 26 heavy (non-hydrogen) atoms. The lowest BCUT2D eigenvalue weighted by Gasteiger charge is -2.12. The van der Waals surface area contributed by atoms with Gasteiger partial charge in [-0.25, -0.2) is 0 Å². The third-order valence-corrected chi connectivity index (χ3v) is 3.98. The van der Waals surface area contributed by atoms with Crippen molar-refractivity contribution in [3.8, 4) is 0 Å². The van der Waals surface area contributed by atoms with Gasteiger partial charge in [-0.05, 0) is 43.2 Å². The van der Waals surface area contributed by atoms with Gasteiger partial charge >= 0.3 is 0 Å². The molecule has 1 unspecified atom stereocenters. The van der Waals surface area contributed by atoms with Crippen LogP contribution in [-0.4, -0.2) is 36.1 Å². The van der Waals surface area contributed by atoms with Crippen LogP contribution in [0.3, 0.4) is 0 Å². The van der Waals surface area contributed by atoms with Crippen molar-refractivity contribution in [3.63, 3.8) is 0 Å². The molecule has 1 saturated heterocycles. The number of carbonyl (C=O) groups excluding carboxylic acids is 2. The van der Waals surface area contributed by atoms with E-state index in [-0.39, 0.29) is 17.9 Å². The lowest BCUT2D eigenvalue weighted by atomic mass is 10.2. The van der Waals surface area contributed by atoms with E-state index in [2.05, 4.69) is 20.9 Å². The Labute approximate surface area is 152 Å². The zero-order chi connectivity index (χ0) is 18.4. The molecule has 7 nitrogen and oxygen atoms in total. The van der Waals surface area contributed by atoms with Crippen molar-refractivity contribution < 1.29 is 14.3 Å². The number of nitrogens with one attached hydrogen (secondary N) is 3. The van der Waals surface area contributed by atoms with Gasteiger partial charge in [0, 0.05) is 43.3 Å². The van der Waals surface area contributed by atoms with Crippen LogP contribution in [0.2, 0.25) is 0 Å². The Morgan fingerprint density at radius 2 is 2.00 bits per heavy atom. The van der Waals surface area contributed by atoms with Crippen LogP contribution >= 0.6 is 0 Å². The predicted molar refractivity (Wildman–Crippen MR) is 99.6 cm³/mol. The van der Waals surface area contributed by atoms with Gasteiger partial charge in [0.25, 0.3) is 5.91 Å². The van der Waals surface area contributed by atoms with Gasteiger partial charge in [0.2, 0.25) is 5.91 Å². The van der Waals surface area contributed by atoms with E-state index in [1.807, 2.05) is 24.3 Å². The third-order valence-electron chi connectivity index (χ3n) is 3.98. The van der Waals surface area contributed by atoms with Gasteiger partial charge in [-0.15, -0.1) is 0 Å². The monoisotopic (exact) mass is 354 g/mol. The minimum Gasteiger partial charge on any atom is -0.376 e. The molecule has 2 amide bonds. The maximum atomic E-state index is 12.3. The number of amides is 2. The summed E-state index contributed by atoms with van der Waals surface area (Å²) >= 11 is 0. The molecular formula is C19H22N4O3. The van der Waals surface area contributed by atoms with Crippen molar-refractivity contribution in [1.82, 2.24) is 10.3 Å². The van der Waals surface area contributed by atoms with Crippen LogP contribution in [0.15, 0.2) is 42.6 Å². The van der Waals surface area contributed by atoms with Crippen molar-refractivity contribution in [1.29, 1.82) is 0 Å². The van der Waals surface area contributed by atoms with Gasteiger partial charge in [-0.3, -0.25) is 14.6 Å². The third kappa shape index (κ3) is 5.03. The molecule has 2 aromatic rings. The first-order valence-electron chi connectivity index (χ1n) is 8.61. The highest BCUT2D eigenvalue weighted by atomic mass is 16.5. The average Bonchev–Trinajstić information content (AvgIpc) is 3.13. The summed E-state index contributed by atoms with van der Waals surface area (Å²) in [5, 5.41) is 8.81. The van der Waals surface area contributed by atoms with E-state index in [9.17, 15) is 9.59 Å². The van der Waals surface area contributed by atoms with Crippen LogP contribution < -0.4 is 16.0 Å². The largest absolute Gasteiger partial charge is 0.376 e. The Hall–Kier alpha value is -2.93. The molecule has 0 spiro atoms. The molecule has 3 rings (SSSR count). The van der Waals surface area contributed by atoms with E-state index < -0.39 is 0 Å². The van der Waals surface area contributed by atoms with Crippen LogP contribution in [-0.2, 0) is 9.53 Å². The molecule has 3 N–H and O–H groups in total. The van der Waals surface area contributed by atoms with Gasteiger partial charge < -0.3 is 20.7 Å². The van der Waals surface area contributed by atoms with Crippen LogP contribution in [0.1, 0.15) is 30.3 Å². The maximum absolute atomic E-state index is 12.3. The van der Waals surface area contributed by atoms with Crippen LogP contribution in [0.5, 0.6) is 0 Å². The molecule has 0 aliphatic carbocycles. The summed E-state index contributed by atoms with van der Waals surface area (Å²) in [5.41, 5.74) is 2.58. The number of carbonyl (C=O) groups is 2. The number of aromatic nitrogens is 1. The number of nitrogens with zero attached hydrogens (tertiary/aromatic N) is 1. The standard InChI is InChI=1S/C19H22N4O3/c1-13(24)22-14-4-2-5-15(10-14)23-16-7-8-20-18(11-16)19(25)21-12-17-6-3-9-26-17/h2,4-5,7-8,10-11,17H,3,6,9,12H2,1H3,(H,20,23)(H,21,25)(H,22,24). The van der Waals surface area contributed by atoms with E-state index in [0.29, 0.717) is 17.9 Å². The Bertz CT molecular complexity index is 788. The van der Waals surface area contributed by atoms with Crippen LogP contribution in [0, 0.1) is 0 Å².